The van der Waals surface area contributed by atoms with Crippen molar-refractivity contribution in [3.63, 3.8) is 0 Å². The lowest BCUT2D eigenvalue weighted by Crippen LogP contribution is -2.25. The summed E-state index contributed by atoms with van der Waals surface area (Å²) in [5.41, 5.74) is 0.738. The Labute approximate surface area is 108 Å². The summed E-state index contributed by atoms with van der Waals surface area (Å²) in [7, 11) is -3.16. The van der Waals surface area contributed by atoms with Crippen molar-refractivity contribution in [2.75, 3.05) is 0 Å². The fraction of sp³-hybridized carbons (Fsp3) is 0.538. The second-order valence-electron chi connectivity index (χ2n) is 4.69. The standard InChI is InChI=1S/C13H16N2O2S/c14-9-13-11(5-4-8-15-13)10-18(16,17)12-6-2-1-3-7-12/h4-5,8,12H,1-3,6-7,10H2. The highest BCUT2D eigenvalue weighted by molar-refractivity contribution is 7.91. The Balaban J connectivity index is 2.19. The maximum absolute atomic E-state index is 12.3. The number of nitriles is 1. The molecule has 96 valence electrons. The van der Waals surface area contributed by atoms with Crippen LogP contribution in [0.4, 0.5) is 0 Å². The van der Waals surface area contributed by atoms with E-state index in [1.54, 1.807) is 12.1 Å². The molecule has 0 bridgehead atoms. The smallest absolute Gasteiger partial charge is 0.157 e. The van der Waals surface area contributed by atoms with Gasteiger partial charge in [0.2, 0.25) is 0 Å². The van der Waals surface area contributed by atoms with Gasteiger partial charge in [0.25, 0.3) is 0 Å². The van der Waals surface area contributed by atoms with E-state index in [0.717, 1.165) is 32.1 Å². The predicted molar refractivity (Wildman–Crippen MR) is 68.4 cm³/mol. The van der Waals surface area contributed by atoms with Crippen LogP contribution in [0.25, 0.3) is 0 Å². The second kappa shape index (κ2) is 5.49. The van der Waals surface area contributed by atoms with E-state index >= 15 is 0 Å². The molecule has 1 aliphatic carbocycles. The minimum Gasteiger partial charge on any atom is -0.245 e. The molecule has 0 N–H and O–H groups in total. The van der Waals surface area contributed by atoms with Gasteiger partial charge in [-0.15, -0.1) is 0 Å². The highest BCUT2D eigenvalue weighted by Gasteiger charge is 2.28. The molecule has 0 atom stereocenters. The highest BCUT2D eigenvalue weighted by atomic mass is 32.2. The Morgan fingerprint density at radius 2 is 2.06 bits per heavy atom. The van der Waals surface area contributed by atoms with Crippen LogP contribution in [0.2, 0.25) is 0 Å². The molecular weight excluding hydrogens is 248 g/mol. The summed E-state index contributed by atoms with van der Waals surface area (Å²) in [6, 6.07) is 5.29. The summed E-state index contributed by atoms with van der Waals surface area (Å²) in [4.78, 5) is 3.90. The molecule has 0 amide bonds. The first-order valence-electron chi connectivity index (χ1n) is 6.19. The summed E-state index contributed by atoms with van der Waals surface area (Å²) in [5.74, 6) is -0.0611. The van der Waals surface area contributed by atoms with Gasteiger partial charge in [-0.05, 0) is 18.9 Å². The van der Waals surface area contributed by atoms with Crippen LogP contribution >= 0.6 is 0 Å². The molecule has 18 heavy (non-hydrogen) atoms. The maximum Gasteiger partial charge on any atom is 0.157 e. The van der Waals surface area contributed by atoms with Crippen molar-refractivity contribution in [3.8, 4) is 6.07 Å². The van der Waals surface area contributed by atoms with Crippen molar-refractivity contribution in [1.82, 2.24) is 4.98 Å². The molecule has 1 heterocycles. The van der Waals surface area contributed by atoms with Crippen LogP contribution in [-0.2, 0) is 15.6 Å². The van der Waals surface area contributed by atoms with Crippen LogP contribution in [0.1, 0.15) is 43.4 Å². The number of aromatic nitrogens is 1. The van der Waals surface area contributed by atoms with Gasteiger partial charge in [0.1, 0.15) is 11.8 Å². The van der Waals surface area contributed by atoms with Crippen molar-refractivity contribution < 1.29 is 8.42 Å². The van der Waals surface area contributed by atoms with E-state index in [0.29, 0.717) is 5.56 Å². The monoisotopic (exact) mass is 264 g/mol. The van der Waals surface area contributed by atoms with Crippen molar-refractivity contribution in [2.45, 2.75) is 43.1 Å². The topological polar surface area (TPSA) is 70.8 Å². The first-order valence-corrected chi connectivity index (χ1v) is 7.90. The third-order valence-corrected chi connectivity index (χ3v) is 5.61. The molecule has 1 aliphatic rings. The molecule has 0 radical (unpaired) electrons. The average molecular weight is 264 g/mol. The van der Waals surface area contributed by atoms with Crippen molar-refractivity contribution >= 4 is 9.84 Å². The van der Waals surface area contributed by atoms with Crippen LogP contribution in [0.5, 0.6) is 0 Å². The quantitative estimate of drug-likeness (QED) is 0.839. The van der Waals surface area contributed by atoms with Crippen LogP contribution in [0.15, 0.2) is 18.3 Å². The van der Waals surface area contributed by atoms with Crippen molar-refractivity contribution in [1.29, 1.82) is 5.26 Å². The molecule has 0 unspecified atom stereocenters. The van der Waals surface area contributed by atoms with Gasteiger partial charge in [0, 0.05) is 11.8 Å². The van der Waals surface area contributed by atoms with Crippen molar-refractivity contribution in [2.24, 2.45) is 0 Å². The lowest BCUT2D eigenvalue weighted by Gasteiger charge is -2.21. The molecule has 0 spiro atoms. The van der Waals surface area contributed by atoms with E-state index < -0.39 is 9.84 Å². The summed E-state index contributed by atoms with van der Waals surface area (Å²) in [6.45, 7) is 0. The molecule has 1 fully saturated rings. The molecule has 2 rings (SSSR count). The maximum atomic E-state index is 12.3. The molecule has 0 saturated heterocycles. The summed E-state index contributed by atoms with van der Waals surface area (Å²) in [5, 5.41) is 8.68. The van der Waals surface area contributed by atoms with E-state index in [4.69, 9.17) is 5.26 Å². The van der Waals surface area contributed by atoms with Gasteiger partial charge < -0.3 is 0 Å². The molecule has 1 aromatic heterocycles. The number of pyridine rings is 1. The predicted octanol–water partition coefficient (Wildman–Crippen LogP) is 2.20. The van der Waals surface area contributed by atoms with Gasteiger partial charge in [-0.3, -0.25) is 0 Å². The third-order valence-electron chi connectivity index (χ3n) is 3.41. The van der Waals surface area contributed by atoms with Crippen LogP contribution in [0.3, 0.4) is 0 Å². The van der Waals surface area contributed by atoms with Gasteiger partial charge in [-0.25, -0.2) is 13.4 Å². The Morgan fingerprint density at radius 1 is 1.33 bits per heavy atom. The SMILES string of the molecule is N#Cc1ncccc1CS(=O)(=O)C1CCCCC1. The molecule has 4 nitrogen and oxygen atoms in total. The molecule has 1 aromatic rings. The number of hydrogen-bond donors (Lipinski definition) is 0. The Morgan fingerprint density at radius 3 is 2.72 bits per heavy atom. The first kappa shape index (κ1) is 13.0. The zero-order chi connectivity index (χ0) is 13.0. The molecule has 1 saturated carbocycles. The van der Waals surface area contributed by atoms with Gasteiger partial charge in [0.15, 0.2) is 9.84 Å². The zero-order valence-electron chi connectivity index (χ0n) is 10.2. The lowest BCUT2D eigenvalue weighted by molar-refractivity contribution is 0.483. The second-order valence-corrected chi connectivity index (χ2v) is 6.97. The van der Waals surface area contributed by atoms with E-state index in [1.165, 1.54) is 6.20 Å². The normalized spacial score (nSPS) is 17.3. The van der Waals surface area contributed by atoms with Crippen LogP contribution in [-0.4, -0.2) is 18.7 Å². The van der Waals surface area contributed by atoms with E-state index in [-0.39, 0.29) is 16.7 Å². The molecule has 0 aliphatic heterocycles. The number of nitrogens with zero attached hydrogens (tertiary/aromatic N) is 2. The molecule has 5 heteroatoms. The number of rotatable bonds is 3. The van der Waals surface area contributed by atoms with Gasteiger partial charge in [0.05, 0.1) is 11.0 Å². The van der Waals surface area contributed by atoms with E-state index in [9.17, 15) is 8.42 Å². The zero-order valence-corrected chi connectivity index (χ0v) is 11.0. The fourth-order valence-electron chi connectivity index (χ4n) is 2.41. The Kier molecular flexibility index (Phi) is 3.97. The molecular formula is C13H16N2O2S. The minimum atomic E-state index is -3.16. The number of sulfone groups is 1. The largest absolute Gasteiger partial charge is 0.245 e. The summed E-state index contributed by atoms with van der Waals surface area (Å²) in [6.07, 6.45) is 6.12. The fourth-order valence-corrected chi connectivity index (χ4v) is 4.37. The average Bonchev–Trinajstić information content (AvgIpc) is 2.40. The van der Waals surface area contributed by atoms with Gasteiger partial charge in [-0.1, -0.05) is 25.3 Å². The summed E-state index contributed by atoms with van der Waals surface area (Å²) >= 11 is 0. The van der Waals surface area contributed by atoms with Gasteiger partial charge in [-0.2, -0.15) is 5.26 Å². The Hall–Kier alpha value is -1.41. The van der Waals surface area contributed by atoms with Crippen LogP contribution in [0, 0.1) is 11.3 Å². The number of hydrogen-bond acceptors (Lipinski definition) is 4. The van der Waals surface area contributed by atoms with Gasteiger partial charge >= 0.3 is 0 Å². The van der Waals surface area contributed by atoms with Crippen molar-refractivity contribution in [3.05, 3.63) is 29.6 Å². The summed E-state index contributed by atoms with van der Waals surface area (Å²) < 4.78 is 24.6. The third kappa shape index (κ3) is 2.88. The minimum absolute atomic E-state index is 0.0611. The lowest BCUT2D eigenvalue weighted by atomic mass is 10.0. The van der Waals surface area contributed by atoms with E-state index in [2.05, 4.69) is 4.98 Å². The van der Waals surface area contributed by atoms with E-state index in [1.807, 2.05) is 6.07 Å². The first-order chi connectivity index (χ1) is 8.63. The molecule has 0 aromatic carbocycles. The van der Waals surface area contributed by atoms with Crippen LogP contribution < -0.4 is 0 Å². The Bertz CT molecular complexity index is 555. The highest BCUT2D eigenvalue weighted by Crippen LogP contribution is 2.26.